The van der Waals surface area contributed by atoms with Gasteiger partial charge in [-0.25, -0.2) is 9.59 Å². The van der Waals surface area contributed by atoms with E-state index in [4.69, 9.17) is 10.2 Å². The molecule has 0 aliphatic carbocycles. The number of hydrogen-bond acceptors (Lipinski definition) is 5. The smallest absolute Gasteiger partial charge is 0.331 e. The first kappa shape index (κ1) is 14.6. The Balaban J connectivity index is 4.18. The van der Waals surface area contributed by atoms with Gasteiger partial charge in [0.2, 0.25) is 0 Å². The van der Waals surface area contributed by atoms with Crippen molar-refractivity contribution in [2.24, 2.45) is 0 Å². The molecule has 0 atom stereocenters. The van der Waals surface area contributed by atoms with Gasteiger partial charge >= 0.3 is 23.9 Å². The van der Waals surface area contributed by atoms with Crippen LogP contribution in [0.15, 0.2) is 24.3 Å². The van der Waals surface area contributed by atoms with Crippen LogP contribution in [0.25, 0.3) is 0 Å². The third-order valence-electron chi connectivity index (χ3n) is 1.55. The van der Waals surface area contributed by atoms with Gasteiger partial charge in [0.1, 0.15) is 0 Å². The minimum Gasteiger partial charge on any atom is -0.478 e. The summed E-state index contributed by atoms with van der Waals surface area (Å²) in [5.41, 5.74) is -0.861. The van der Waals surface area contributed by atoms with Crippen LogP contribution in [0.4, 0.5) is 0 Å². The summed E-state index contributed by atoms with van der Waals surface area (Å²) in [5.74, 6) is -4.99. The molecule has 7 heteroatoms. The fourth-order valence-electron chi connectivity index (χ4n) is 0.699. The van der Waals surface area contributed by atoms with Crippen molar-refractivity contribution >= 4 is 23.9 Å². The van der Waals surface area contributed by atoms with Gasteiger partial charge in [0.05, 0.1) is 12.8 Å². The highest BCUT2D eigenvalue weighted by Gasteiger charge is 2.17. The summed E-state index contributed by atoms with van der Waals surface area (Å²) in [5, 5.41) is 16.8. The van der Waals surface area contributed by atoms with Crippen molar-refractivity contribution in [2.45, 2.75) is 12.8 Å². The summed E-state index contributed by atoms with van der Waals surface area (Å²) in [7, 11) is 0. The molecule has 7 nitrogen and oxygen atoms in total. The monoisotopic (exact) mass is 242 g/mol. The molecule has 0 aliphatic rings. The quantitative estimate of drug-likeness (QED) is 0.385. The van der Waals surface area contributed by atoms with E-state index in [0.29, 0.717) is 0 Å². The highest BCUT2D eigenvalue weighted by molar-refractivity contribution is 5.97. The van der Waals surface area contributed by atoms with Gasteiger partial charge in [-0.15, -0.1) is 0 Å². The van der Waals surface area contributed by atoms with Crippen LogP contribution in [-0.2, 0) is 23.9 Å². The summed E-state index contributed by atoms with van der Waals surface area (Å²) < 4.78 is 4.17. The van der Waals surface area contributed by atoms with E-state index < -0.39 is 47.9 Å². The lowest BCUT2D eigenvalue weighted by Gasteiger charge is -2.02. The first-order chi connectivity index (χ1) is 7.73. The van der Waals surface area contributed by atoms with Gasteiger partial charge < -0.3 is 14.9 Å². The van der Waals surface area contributed by atoms with Crippen molar-refractivity contribution in [1.29, 1.82) is 0 Å². The van der Waals surface area contributed by atoms with E-state index >= 15 is 0 Å². The van der Waals surface area contributed by atoms with Gasteiger partial charge in [0.15, 0.2) is 0 Å². The standard InChI is InChI=1S/C10H10O7/c1-5(9(13)14)3-7(11)17-8(12)4-6(2)10(15)16/h1-4H2,(H,13,14)(H,15,16). The molecular weight excluding hydrogens is 232 g/mol. The Kier molecular flexibility index (Phi) is 5.32. The van der Waals surface area contributed by atoms with Gasteiger partial charge in [-0.1, -0.05) is 13.2 Å². The Morgan fingerprint density at radius 3 is 1.35 bits per heavy atom. The third-order valence-corrected chi connectivity index (χ3v) is 1.55. The molecule has 17 heavy (non-hydrogen) atoms. The molecule has 0 unspecified atom stereocenters. The maximum Gasteiger partial charge on any atom is 0.331 e. The van der Waals surface area contributed by atoms with Crippen LogP contribution in [0.3, 0.4) is 0 Å². The number of hydrogen-bond donors (Lipinski definition) is 2. The van der Waals surface area contributed by atoms with Crippen LogP contribution in [0.5, 0.6) is 0 Å². The number of carboxylic acid groups (broad SMARTS) is 2. The minimum absolute atomic E-state index is 0.431. The van der Waals surface area contributed by atoms with E-state index in [2.05, 4.69) is 17.9 Å². The second-order valence-electron chi connectivity index (χ2n) is 3.02. The Morgan fingerprint density at radius 2 is 1.12 bits per heavy atom. The molecule has 0 aliphatic heterocycles. The first-order valence-electron chi connectivity index (χ1n) is 4.29. The Morgan fingerprint density at radius 1 is 0.824 bits per heavy atom. The third kappa shape index (κ3) is 5.88. The molecule has 0 rings (SSSR count). The minimum atomic E-state index is -1.38. The van der Waals surface area contributed by atoms with Crippen LogP contribution in [0.2, 0.25) is 0 Å². The van der Waals surface area contributed by atoms with Crippen molar-refractivity contribution in [2.75, 3.05) is 0 Å². The zero-order valence-corrected chi connectivity index (χ0v) is 8.76. The summed E-state index contributed by atoms with van der Waals surface area (Å²) in [4.78, 5) is 42.6. The average Bonchev–Trinajstić information content (AvgIpc) is 2.16. The lowest BCUT2D eigenvalue weighted by Crippen LogP contribution is -2.16. The molecule has 0 heterocycles. The van der Waals surface area contributed by atoms with Gasteiger partial charge in [0, 0.05) is 11.1 Å². The first-order valence-corrected chi connectivity index (χ1v) is 4.29. The summed E-state index contributed by atoms with van der Waals surface area (Å²) in [6.07, 6.45) is -1.30. The molecule has 0 saturated carbocycles. The zero-order valence-electron chi connectivity index (χ0n) is 8.76. The van der Waals surface area contributed by atoms with Crippen molar-refractivity contribution in [3.63, 3.8) is 0 Å². The van der Waals surface area contributed by atoms with Crippen LogP contribution in [0.1, 0.15) is 12.8 Å². The SMILES string of the molecule is C=C(CC(=O)OC(=O)CC(=C)C(=O)O)C(=O)O. The number of aliphatic carboxylic acids is 2. The van der Waals surface area contributed by atoms with Gasteiger partial charge in [0.25, 0.3) is 0 Å². The Hall–Kier alpha value is -2.44. The fraction of sp³-hybridized carbons (Fsp3) is 0.200. The largest absolute Gasteiger partial charge is 0.478 e. The van der Waals surface area contributed by atoms with Crippen molar-refractivity contribution < 1.29 is 34.1 Å². The molecular formula is C10H10O7. The maximum atomic E-state index is 11.0. The van der Waals surface area contributed by atoms with Crippen molar-refractivity contribution in [1.82, 2.24) is 0 Å². The summed E-state index contributed by atoms with van der Waals surface area (Å²) in [6.45, 7) is 6.13. The molecule has 0 radical (unpaired) electrons. The van der Waals surface area contributed by atoms with Gasteiger partial charge in [-0.05, 0) is 0 Å². The fourth-order valence-corrected chi connectivity index (χ4v) is 0.699. The second-order valence-corrected chi connectivity index (χ2v) is 3.02. The van der Waals surface area contributed by atoms with E-state index in [1.54, 1.807) is 0 Å². The van der Waals surface area contributed by atoms with E-state index in [0.717, 1.165) is 0 Å². The van der Waals surface area contributed by atoms with E-state index in [-0.39, 0.29) is 0 Å². The van der Waals surface area contributed by atoms with Crippen LogP contribution in [0, 0.1) is 0 Å². The highest BCUT2D eigenvalue weighted by atomic mass is 16.6. The van der Waals surface area contributed by atoms with E-state index in [1.165, 1.54) is 0 Å². The highest BCUT2D eigenvalue weighted by Crippen LogP contribution is 2.04. The lowest BCUT2D eigenvalue weighted by atomic mass is 10.2. The number of carboxylic acids is 2. The van der Waals surface area contributed by atoms with Crippen molar-refractivity contribution in [3.8, 4) is 0 Å². The molecule has 0 fully saturated rings. The molecule has 0 aromatic rings. The number of esters is 2. The van der Waals surface area contributed by atoms with E-state index in [1.807, 2.05) is 0 Å². The molecule has 0 bridgehead atoms. The maximum absolute atomic E-state index is 11.0. The molecule has 2 N–H and O–H groups in total. The number of carbonyl (C=O) groups excluding carboxylic acids is 2. The number of rotatable bonds is 6. The molecule has 0 amide bonds. The summed E-state index contributed by atoms with van der Waals surface area (Å²) in [6, 6.07) is 0. The van der Waals surface area contributed by atoms with Crippen LogP contribution in [-0.4, -0.2) is 34.1 Å². The summed E-state index contributed by atoms with van der Waals surface area (Å²) >= 11 is 0. The second kappa shape index (κ2) is 6.21. The molecule has 0 spiro atoms. The topological polar surface area (TPSA) is 118 Å². The van der Waals surface area contributed by atoms with Crippen LogP contribution >= 0.6 is 0 Å². The average molecular weight is 242 g/mol. The predicted octanol–water partition coefficient (Wildman–Crippen LogP) is 0.118. The Bertz CT molecular complexity index is 367. The Labute approximate surface area is 96.0 Å². The molecule has 0 saturated heterocycles. The zero-order chi connectivity index (χ0) is 13.6. The lowest BCUT2D eigenvalue weighted by molar-refractivity contribution is -0.159. The number of ether oxygens (including phenoxy) is 1. The number of carbonyl (C=O) groups is 4. The predicted molar refractivity (Wildman–Crippen MR) is 53.9 cm³/mol. The van der Waals surface area contributed by atoms with E-state index in [9.17, 15) is 19.2 Å². The van der Waals surface area contributed by atoms with Gasteiger partial charge in [-0.3, -0.25) is 9.59 Å². The van der Waals surface area contributed by atoms with Crippen molar-refractivity contribution in [3.05, 3.63) is 24.3 Å². The molecule has 92 valence electrons. The normalized spacial score (nSPS) is 9.18. The van der Waals surface area contributed by atoms with Crippen LogP contribution < -0.4 is 0 Å². The van der Waals surface area contributed by atoms with Gasteiger partial charge in [-0.2, -0.15) is 0 Å². The molecule has 0 aromatic carbocycles. The molecule has 0 aromatic heterocycles.